The van der Waals surface area contributed by atoms with Crippen LogP contribution in [0.25, 0.3) is 11.4 Å². The van der Waals surface area contributed by atoms with Crippen molar-refractivity contribution < 1.29 is 18.0 Å². The molecule has 34 heavy (non-hydrogen) atoms. The van der Waals surface area contributed by atoms with Crippen LogP contribution in [0.1, 0.15) is 50.3 Å². The van der Waals surface area contributed by atoms with Crippen molar-refractivity contribution in [1.29, 1.82) is 0 Å². The summed E-state index contributed by atoms with van der Waals surface area (Å²) in [6.07, 6.45) is -2.75. The van der Waals surface area contributed by atoms with Crippen molar-refractivity contribution in [2.75, 3.05) is 0 Å². The zero-order chi connectivity index (χ0) is 24.7. The molecule has 0 bridgehead atoms. The minimum atomic E-state index is -4.47. The van der Waals surface area contributed by atoms with Gasteiger partial charge in [0, 0.05) is 23.0 Å². The van der Waals surface area contributed by atoms with Crippen LogP contribution in [0, 0.1) is 0 Å². The minimum Gasteiger partial charge on any atom is -0.347 e. The number of halogens is 4. The Balaban J connectivity index is 1.48. The molecular formula is C24H24ClF3N4O2. The number of benzene rings is 2. The van der Waals surface area contributed by atoms with Crippen LogP contribution in [0.2, 0.25) is 5.02 Å². The molecule has 0 spiro atoms. The number of rotatable bonds is 7. The standard InChI is InChI=1S/C24H24ClF3N4O2/c1-23(2,16-4-3-5-17(14-16)24(26,27)28)29-20(33)12-13-31-22(34)32(19-10-11-19)21(30-31)15-6-8-18(25)9-7-15/h3-9,14,19H,10-13H2,1-2H3,(H,29,33). The first-order chi connectivity index (χ1) is 16.0. The van der Waals surface area contributed by atoms with Gasteiger partial charge in [-0.15, -0.1) is 5.10 Å². The molecule has 1 heterocycles. The number of aromatic nitrogens is 3. The highest BCUT2D eigenvalue weighted by Gasteiger charge is 2.33. The highest BCUT2D eigenvalue weighted by atomic mass is 35.5. The highest BCUT2D eigenvalue weighted by Crippen LogP contribution is 2.36. The second-order valence-electron chi connectivity index (χ2n) is 8.94. The average Bonchev–Trinajstić information content (AvgIpc) is 3.55. The summed E-state index contributed by atoms with van der Waals surface area (Å²) < 4.78 is 42.1. The number of carbonyl (C=O) groups excluding carboxylic acids is 1. The summed E-state index contributed by atoms with van der Waals surface area (Å²) in [7, 11) is 0. The van der Waals surface area contributed by atoms with Crippen LogP contribution in [-0.4, -0.2) is 20.3 Å². The Bertz CT molecular complexity index is 1260. The van der Waals surface area contributed by atoms with Gasteiger partial charge in [0.25, 0.3) is 0 Å². The molecule has 1 saturated carbocycles. The number of hydrogen-bond donors (Lipinski definition) is 1. The topological polar surface area (TPSA) is 68.9 Å². The van der Waals surface area contributed by atoms with Gasteiger partial charge in [-0.05, 0) is 68.7 Å². The van der Waals surface area contributed by atoms with Crippen LogP contribution in [0.15, 0.2) is 53.3 Å². The Labute approximate surface area is 199 Å². The van der Waals surface area contributed by atoms with Gasteiger partial charge in [-0.1, -0.05) is 23.7 Å². The van der Waals surface area contributed by atoms with Gasteiger partial charge in [-0.25, -0.2) is 9.48 Å². The largest absolute Gasteiger partial charge is 0.416 e. The van der Waals surface area contributed by atoms with Crippen molar-refractivity contribution >= 4 is 17.5 Å². The summed E-state index contributed by atoms with van der Waals surface area (Å²) in [5.74, 6) is 0.122. The summed E-state index contributed by atoms with van der Waals surface area (Å²) in [6, 6.07) is 12.0. The Hall–Kier alpha value is -3.07. The lowest BCUT2D eigenvalue weighted by molar-refractivity contribution is -0.137. The SMILES string of the molecule is CC(C)(NC(=O)CCn1nc(-c2ccc(Cl)cc2)n(C2CC2)c1=O)c1cccc(C(F)(F)F)c1. The van der Waals surface area contributed by atoms with E-state index in [-0.39, 0.29) is 24.7 Å². The molecule has 0 aliphatic heterocycles. The van der Waals surface area contributed by atoms with Gasteiger partial charge in [0.15, 0.2) is 5.82 Å². The van der Waals surface area contributed by atoms with Crippen molar-refractivity contribution in [1.82, 2.24) is 19.7 Å². The van der Waals surface area contributed by atoms with Gasteiger partial charge in [-0.3, -0.25) is 9.36 Å². The number of carbonyl (C=O) groups is 1. The van der Waals surface area contributed by atoms with E-state index in [4.69, 9.17) is 11.6 Å². The second kappa shape index (κ2) is 8.94. The molecule has 2 aromatic carbocycles. The molecule has 0 saturated heterocycles. The summed E-state index contributed by atoms with van der Waals surface area (Å²) in [5, 5.41) is 7.79. The monoisotopic (exact) mass is 492 g/mol. The summed E-state index contributed by atoms with van der Waals surface area (Å²) >= 11 is 5.97. The molecule has 0 atom stereocenters. The fourth-order valence-electron chi connectivity index (χ4n) is 3.80. The van der Waals surface area contributed by atoms with Crippen LogP contribution < -0.4 is 11.0 Å². The summed E-state index contributed by atoms with van der Waals surface area (Å²) in [5.41, 5.74) is -1.03. The van der Waals surface area contributed by atoms with Crippen LogP contribution in [-0.2, 0) is 23.1 Å². The molecule has 3 aromatic rings. The first-order valence-corrected chi connectivity index (χ1v) is 11.3. The van der Waals surface area contributed by atoms with Crippen molar-refractivity contribution in [3.63, 3.8) is 0 Å². The maximum absolute atomic E-state index is 13.1. The third-order valence-electron chi connectivity index (χ3n) is 5.80. The molecule has 0 radical (unpaired) electrons. The van der Waals surface area contributed by atoms with Crippen molar-refractivity contribution in [3.8, 4) is 11.4 Å². The number of hydrogen-bond acceptors (Lipinski definition) is 3. The Morgan fingerprint density at radius 3 is 2.38 bits per heavy atom. The number of amides is 1. The molecule has 1 N–H and O–H groups in total. The van der Waals surface area contributed by atoms with E-state index in [1.165, 1.54) is 16.8 Å². The number of alkyl halides is 3. The fourth-order valence-corrected chi connectivity index (χ4v) is 3.92. The van der Waals surface area contributed by atoms with E-state index < -0.39 is 23.2 Å². The zero-order valence-corrected chi connectivity index (χ0v) is 19.5. The van der Waals surface area contributed by atoms with Crippen LogP contribution >= 0.6 is 11.6 Å². The molecule has 1 aromatic heterocycles. The smallest absolute Gasteiger partial charge is 0.347 e. The lowest BCUT2D eigenvalue weighted by atomic mass is 9.92. The van der Waals surface area contributed by atoms with Crippen LogP contribution in [0.3, 0.4) is 0 Å². The quantitative estimate of drug-likeness (QED) is 0.495. The van der Waals surface area contributed by atoms with E-state index >= 15 is 0 Å². The van der Waals surface area contributed by atoms with Gasteiger partial charge in [0.2, 0.25) is 5.91 Å². The number of aryl methyl sites for hydroxylation is 1. The van der Waals surface area contributed by atoms with E-state index in [9.17, 15) is 22.8 Å². The molecule has 4 rings (SSSR count). The number of nitrogens with zero attached hydrogens (tertiary/aromatic N) is 3. The maximum Gasteiger partial charge on any atom is 0.416 e. The van der Waals surface area contributed by atoms with Gasteiger partial charge >= 0.3 is 11.9 Å². The van der Waals surface area contributed by atoms with E-state index in [0.717, 1.165) is 30.5 Å². The lowest BCUT2D eigenvalue weighted by Gasteiger charge is -2.27. The molecule has 6 nitrogen and oxygen atoms in total. The fraction of sp³-hybridized carbons (Fsp3) is 0.375. The molecule has 10 heteroatoms. The number of nitrogens with one attached hydrogen (secondary N) is 1. The van der Waals surface area contributed by atoms with Gasteiger partial charge in [-0.2, -0.15) is 13.2 Å². The van der Waals surface area contributed by atoms with Crippen LogP contribution in [0.5, 0.6) is 0 Å². The summed E-state index contributed by atoms with van der Waals surface area (Å²) in [4.78, 5) is 25.6. The average molecular weight is 493 g/mol. The second-order valence-corrected chi connectivity index (χ2v) is 9.38. The van der Waals surface area contributed by atoms with Gasteiger partial charge in [0.1, 0.15) is 0 Å². The van der Waals surface area contributed by atoms with Crippen molar-refractivity contribution in [2.45, 2.75) is 57.4 Å². The predicted molar refractivity (Wildman–Crippen MR) is 122 cm³/mol. The normalized spacial score (nSPS) is 14.3. The van der Waals surface area contributed by atoms with Crippen molar-refractivity contribution in [3.05, 3.63) is 75.2 Å². The Kier molecular flexibility index (Phi) is 6.33. The lowest BCUT2D eigenvalue weighted by Crippen LogP contribution is -2.41. The van der Waals surface area contributed by atoms with Crippen molar-refractivity contribution in [2.24, 2.45) is 0 Å². The third kappa shape index (κ3) is 5.19. The van der Waals surface area contributed by atoms with Gasteiger partial charge < -0.3 is 5.32 Å². The minimum absolute atomic E-state index is 0.0453. The molecule has 1 aliphatic carbocycles. The van der Waals surface area contributed by atoms with Gasteiger partial charge in [0.05, 0.1) is 17.6 Å². The molecule has 1 amide bonds. The predicted octanol–water partition coefficient (Wildman–Crippen LogP) is 5.16. The van der Waals surface area contributed by atoms with E-state index in [1.807, 2.05) is 0 Å². The molecule has 1 fully saturated rings. The molecule has 1 aliphatic rings. The first kappa shape index (κ1) is 24.1. The Morgan fingerprint density at radius 1 is 1.12 bits per heavy atom. The molecular weight excluding hydrogens is 469 g/mol. The third-order valence-corrected chi connectivity index (χ3v) is 6.05. The van der Waals surface area contributed by atoms with E-state index in [2.05, 4.69) is 10.4 Å². The van der Waals surface area contributed by atoms with Crippen LogP contribution in [0.4, 0.5) is 13.2 Å². The molecule has 0 unspecified atom stereocenters. The van der Waals surface area contributed by atoms with E-state index in [0.29, 0.717) is 16.4 Å². The maximum atomic E-state index is 13.1. The Morgan fingerprint density at radius 2 is 1.76 bits per heavy atom. The first-order valence-electron chi connectivity index (χ1n) is 10.9. The molecule has 180 valence electrons. The zero-order valence-electron chi connectivity index (χ0n) is 18.7. The van der Waals surface area contributed by atoms with E-state index in [1.54, 1.807) is 42.7 Å². The highest BCUT2D eigenvalue weighted by molar-refractivity contribution is 6.30. The summed E-state index contributed by atoms with van der Waals surface area (Å²) in [6.45, 7) is 3.31.